The van der Waals surface area contributed by atoms with Crippen LogP contribution in [-0.4, -0.2) is 62.5 Å². The van der Waals surface area contributed by atoms with Gasteiger partial charge in [0.2, 0.25) is 5.91 Å². The van der Waals surface area contributed by atoms with E-state index in [0.29, 0.717) is 19.6 Å². The Balaban J connectivity index is 1.82. The molecule has 2 rings (SSSR count). The standard InChI is InChI=1S/C16H26N4O2S/c1-17-15(21)12-4-7-20(8-5-12)16(22)18-10-14(19(2)3)13-6-9-23-11-13/h6,9,11-12,14H,4-5,7-8,10H2,1-3H3,(H,17,21)(H,18,22). The number of nitrogens with one attached hydrogen (secondary N) is 2. The first kappa shape index (κ1) is 17.7. The van der Waals surface area contributed by atoms with Crippen molar-refractivity contribution in [1.82, 2.24) is 20.4 Å². The fourth-order valence-electron chi connectivity index (χ4n) is 2.91. The predicted octanol–water partition coefficient (Wildman–Crippen LogP) is 1.52. The first-order valence-corrected chi connectivity index (χ1v) is 8.90. The maximum atomic E-state index is 12.3. The zero-order chi connectivity index (χ0) is 16.8. The van der Waals surface area contributed by atoms with Gasteiger partial charge in [0.05, 0.1) is 6.04 Å². The van der Waals surface area contributed by atoms with Crippen molar-refractivity contribution in [2.45, 2.75) is 18.9 Å². The lowest BCUT2D eigenvalue weighted by Crippen LogP contribution is -2.48. The molecule has 0 aliphatic carbocycles. The van der Waals surface area contributed by atoms with Gasteiger partial charge < -0.3 is 20.4 Å². The Kier molecular flexibility index (Phi) is 6.41. The van der Waals surface area contributed by atoms with E-state index in [2.05, 4.69) is 32.4 Å². The third kappa shape index (κ3) is 4.68. The average Bonchev–Trinajstić information content (AvgIpc) is 3.08. The zero-order valence-corrected chi connectivity index (χ0v) is 14.9. The molecule has 3 amide bonds. The minimum Gasteiger partial charge on any atom is -0.359 e. The van der Waals surface area contributed by atoms with Crippen LogP contribution in [0.5, 0.6) is 0 Å². The van der Waals surface area contributed by atoms with Gasteiger partial charge in [-0.05, 0) is 49.3 Å². The van der Waals surface area contributed by atoms with Gasteiger partial charge in [-0.3, -0.25) is 4.79 Å². The van der Waals surface area contributed by atoms with Crippen molar-refractivity contribution < 1.29 is 9.59 Å². The van der Waals surface area contributed by atoms with Crippen molar-refractivity contribution in [2.24, 2.45) is 5.92 Å². The summed E-state index contributed by atoms with van der Waals surface area (Å²) in [7, 11) is 5.69. The summed E-state index contributed by atoms with van der Waals surface area (Å²) in [5, 5.41) is 9.88. The quantitative estimate of drug-likeness (QED) is 0.855. The number of piperidine rings is 1. The second kappa shape index (κ2) is 8.31. The Morgan fingerprint density at radius 1 is 1.39 bits per heavy atom. The Labute approximate surface area is 141 Å². The monoisotopic (exact) mass is 338 g/mol. The molecule has 6 nitrogen and oxygen atoms in total. The summed E-state index contributed by atoms with van der Waals surface area (Å²) in [4.78, 5) is 27.9. The van der Waals surface area contributed by atoms with Crippen LogP contribution in [0.3, 0.4) is 0 Å². The van der Waals surface area contributed by atoms with E-state index in [4.69, 9.17) is 0 Å². The maximum absolute atomic E-state index is 12.3. The van der Waals surface area contributed by atoms with Crippen molar-refractivity contribution in [2.75, 3.05) is 40.8 Å². The molecule has 128 valence electrons. The van der Waals surface area contributed by atoms with Crippen LogP contribution in [0.15, 0.2) is 16.8 Å². The van der Waals surface area contributed by atoms with Gasteiger partial charge in [0.25, 0.3) is 0 Å². The molecule has 1 atom stereocenters. The molecule has 1 aliphatic rings. The van der Waals surface area contributed by atoms with Crippen molar-refractivity contribution in [3.8, 4) is 0 Å². The average molecular weight is 338 g/mol. The first-order chi connectivity index (χ1) is 11.0. The molecule has 1 aromatic heterocycles. The van der Waals surface area contributed by atoms with E-state index in [9.17, 15) is 9.59 Å². The molecule has 1 fully saturated rings. The highest BCUT2D eigenvalue weighted by Crippen LogP contribution is 2.21. The summed E-state index contributed by atoms with van der Waals surface area (Å²) in [6.45, 7) is 1.85. The van der Waals surface area contributed by atoms with Gasteiger partial charge in [-0.2, -0.15) is 11.3 Å². The summed E-state index contributed by atoms with van der Waals surface area (Å²) in [6, 6.07) is 2.23. The molecule has 1 unspecified atom stereocenters. The predicted molar refractivity (Wildman–Crippen MR) is 92.5 cm³/mol. The van der Waals surface area contributed by atoms with Gasteiger partial charge in [0.1, 0.15) is 0 Å². The number of hydrogen-bond acceptors (Lipinski definition) is 4. The van der Waals surface area contributed by atoms with Crippen LogP contribution in [0.4, 0.5) is 4.79 Å². The molecule has 1 saturated heterocycles. The Hall–Kier alpha value is -1.60. The number of rotatable bonds is 5. The molecule has 0 radical (unpaired) electrons. The molecule has 1 aliphatic heterocycles. The van der Waals surface area contributed by atoms with E-state index in [0.717, 1.165) is 12.8 Å². The van der Waals surface area contributed by atoms with Crippen LogP contribution in [0.25, 0.3) is 0 Å². The van der Waals surface area contributed by atoms with Gasteiger partial charge in [-0.15, -0.1) is 0 Å². The minimum atomic E-state index is -0.0394. The topological polar surface area (TPSA) is 64.7 Å². The van der Waals surface area contributed by atoms with E-state index in [-0.39, 0.29) is 23.9 Å². The molecule has 0 bridgehead atoms. The molecular formula is C16H26N4O2S. The van der Waals surface area contributed by atoms with Gasteiger partial charge in [-0.1, -0.05) is 0 Å². The van der Waals surface area contributed by atoms with Crippen LogP contribution >= 0.6 is 11.3 Å². The molecule has 0 aromatic carbocycles. The van der Waals surface area contributed by atoms with Crippen LogP contribution in [-0.2, 0) is 4.79 Å². The third-order valence-corrected chi connectivity index (χ3v) is 5.10. The summed E-state index contributed by atoms with van der Waals surface area (Å²) in [5.74, 6) is 0.111. The molecule has 1 aromatic rings. The first-order valence-electron chi connectivity index (χ1n) is 7.95. The zero-order valence-electron chi connectivity index (χ0n) is 14.0. The van der Waals surface area contributed by atoms with Crippen LogP contribution in [0.2, 0.25) is 0 Å². The van der Waals surface area contributed by atoms with Crippen molar-refractivity contribution in [3.63, 3.8) is 0 Å². The summed E-state index contributed by atoms with van der Waals surface area (Å²) in [5.41, 5.74) is 1.22. The molecule has 2 heterocycles. The third-order valence-electron chi connectivity index (χ3n) is 4.40. The van der Waals surface area contributed by atoms with E-state index in [1.807, 2.05) is 14.1 Å². The number of urea groups is 1. The smallest absolute Gasteiger partial charge is 0.317 e. The SMILES string of the molecule is CNC(=O)C1CCN(C(=O)NCC(c2ccsc2)N(C)C)CC1. The normalized spacial score (nSPS) is 17.1. The number of amides is 3. The second-order valence-electron chi connectivity index (χ2n) is 6.10. The lowest BCUT2D eigenvalue weighted by molar-refractivity contribution is -0.125. The van der Waals surface area contributed by atoms with Crippen molar-refractivity contribution >= 4 is 23.3 Å². The Morgan fingerprint density at radius 3 is 2.61 bits per heavy atom. The molecular weight excluding hydrogens is 312 g/mol. The lowest BCUT2D eigenvalue weighted by atomic mass is 9.96. The number of likely N-dealkylation sites (N-methyl/N-ethyl adjacent to an activating group) is 1. The van der Waals surface area contributed by atoms with E-state index < -0.39 is 0 Å². The number of carbonyl (C=O) groups excluding carboxylic acids is 2. The van der Waals surface area contributed by atoms with Crippen LogP contribution in [0.1, 0.15) is 24.4 Å². The number of likely N-dealkylation sites (tertiary alicyclic amines) is 1. The molecule has 7 heteroatoms. The van der Waals surface area contributed by atoms with Gasteiger partial charge in [-0.25, -0.2) is 4.79 Å². The second-order valence-corrected chi connectivity index (χ2v) is 6.88. The van der Waals surface area contributed by atoms with Crippen molar-refractivity contribution in [3.05, 3.63) is 22.4 Å². The molecule has 0 saturated carbocycles. The summed E-state index contributed by atoms with van der Waals surface area (Å²) in [6.07, 6.45) is 1.46. The molecule has 2 N–H and O–H groups in total. The molecule has 0 spiro atoms. The van der Waals surface area contributed by atoms with E-state index in [1.54, 1.807) is 23.3 Å². The maximum Gasteiger partial charge on any atom is 0.317 e. The lowest BCUT2D eigenvalue weighted by Gasteiger charge is -2.32. The Morgan fingerprint density at radius 2 is 2.09 bits per heavy atom. The minimum absolute atomic E-state index is 0.0318. The van der Waals surface area contributed by atoms with Gasteiger partial charge in [0, 0.05) is 32.6 Å². The number of nitrogens with zero attached hydrogens (tertiary/aromatic N) is 2. The fourth-order valence-corrected chi connectivity index (χ4v) is 3.61. The number of thiophene rings is 1. The summed E-state index contributed by atoms with van der Waals surface area (Å²) < 4.78 is 0. The highest BCUT2D eigenvalue weighted by Gasteiger charge is 2.27. The summed E-state index contributed by atoms with van der Waals surface area (Å²) >= 11 is 1.67. The van der Waals surface area contributed by atoms with Crippen molar-refractivity contribution in [1.29, 1.82) is 0 Å². The van der Waals surface area contributed by atoms with Gasteiger partial charge >= 0.3 is 6.03 Å². The Bertz CT molecular complexity index is 510. The molecule has 23 heavy (non-hydrogen) atoms. The number of hydrogen-bond donors (Lipinski definition) is 2. The highest BCUT2D eigenvalue weighted by molar-refractivity contribution is 7.07. The largest absolute Gasteiger partial charge is 0.359 e. The highest BCUT2D eigenvalue weighted by atomic mass is 32.1. The number of carbonyl (C=O) groups is 2. The van der Waals surface area contributed by atoms with Crippen LogP contribution in [0, 0.1) is 5.92 Å². The van der Waals surface area contributed by atoms with E-state index in [1.165, 1.54) is 5.56 Å². The van der Waals surface area contributed by atoms with Gasteiger partial charge in [0.15, 0.2) is 0 Å². The van der Waals surface area contributed by atoms with Crippen LogP contribution < -0.4 is 10.6 Å². The fraction of sp³-hybridized carbons (Fsp3) is 0.625. The van der Waals surface area contributed by atoms with E-state index >= 15 is 0 Å².